The van der Waals surface area contributed by atoms with Gasteiger partial charge in [0.05, 0.1) is 7.11 Å². The first kappa shape index (κ1) is 22.2. The fourth-order valence-corrected chi connectivity index (χ4v) is 2.22. The zero-order valence-corrected chi connectivity index (χ0v) is 16.1. The van der Waals surface area contributed by atoms with Crippen LogP contribution in [0.15, 0.2) is 47.1 Å². The molecule has 5 nitrogen and oxygen atoms in total. The molecule has 0 aliphatic carbocycles. The van der Waals surface area contributed by atoms with E-state index < -0.39 is 11.5 Å². The summed E-state index contributed by atoms with van der Waals surface area (Å²) in [5, 5.41) is 0. The highest BCUT2D eigenvalue weighted by molar-refractivity contribution is 6.11. The number of ether oxygens (including phenoxy) is 2. The van der Waals surface area contributed by atoms with Gasteiger partial charge in [0.25, 0.3) is 0 Å². The van der Waals surface area contributed by atoms with Crippen molar-refractivity contribution < 1.29 is 28.5 Å². The quantitative estimate of drug-likeness (QED) is 0.193. The maximum atomic E-state index is 12.0. The zero-order chi connectivity index (χ0) is 20.2. The molecule has 0 spiro atoms. The lowest BCUT2D eigenvalue weighted by molar-refractivity contribution is -0.178. The topological polar surface area (TPSA) is 61.8 Å². The van der Waals surface area contributed by atoms with E-state index in [4.69, 9.17) is 9.47 Å². The van der Waals surface area contributed by atoms with Gasteiger partial charge in [-0.15, -0.1) is 0 Å². The molecule has 146 valence electrons. The van der Waals surface area contributed by atoms with Crippen molar-refractivity contribution in [2.45, 2.75) is 33.6 Å². The molecule has 1 aromatic rings. The van der Waals surface area contributed by atoms with Crippen molar-refractivity contribution in [1.29, 1.82) is 0 Å². The molecule has 0 saturated carbocycles. The molecule has 0 saturated heterocycles. The summed E-state index contributed by atoms with van der Waals surface area (Å²) < 4.78 is 22.9. The minimum Gasteiger partial charge on any atom is -0.496 e. The molecule has 0 unspecified atom stereocenters. The third-order valence-electron chi connectivity index (χ3n) is 3.72. The molecule has 1 rings (SSSR count). The number of halogens is 1. The van der Waals surface area contributed by atoms with Gasteiger partial charge >= 0.3 is 5.97 Å². The number of allylic oxidation sites excluding steroid dienone is 3. The van der Waals surface area contributed by atoms with E-state index in [9.17, 15) is 14.1 Å². The fraction of sp³-hybridized carbons (Fsp3) is 0.333. The number of hydrogen-bond acceptors (Lipinski definition) is 5. The van der Waals surface area contributed by atoms with Crippen LogP contribution in [0.25, 0.3) is 6.08 Å². The van der Waals surface area contributed by atoms with Gasteiger partial charge in [0.15, 0.2) is 6.29 Å². The van der Waals surface area contributed by atoms with Crippen LogP contribution in [0.4, 0.5) is 4.53 Å². The second-order valence-electron chi connectivity index (χ2n) is 6.17. The average Bonchev–Trinajstić information content (AvgIpc) is 2.65. The smallest absolute Gasteiger partial charge is 0.382 e. The van der Waals surface area contributed by atoms with E-state index in [1.165, 1.54) is 24.3 Å². The molecule has 0 amide bonds. The van der Waals surface area contributed by atoms with Crippen molar-refractivity contribution in [3.05, 3.63) is 52.6 Å². The Hall–Kier alpha value is -2.89. The Morgan fingerprint density at radius 2 is 1.93 bits per heavy atom. The Morgan fingerprint density at radius 3 is 2.52 bits per heavy atom. The first-order valence-corrected chi connectivity index (χ1v) is 8.50. The van der Waals surface area contributed by atoms with Gasteiger partial charge < -0.3 is 9.47 Å². The predicted octanol–water partition coefficient (Wildman–Crippen LogP) is 4.78. The van der Waals surface area contributed by atoms with Gasteiger partial charge in [0.2, 0.25) is 0 Å². The summed E-state index contributed by atoms with van der Waals surface area (Å²) in [4.78, 5) is 25.1. The summed E-state index contributed by atoms with van der Waals surface area (Å²) in [7, 11) is 1.44. The Labute approximate surface area is 159 Å². The van der Waals surface area contributed by atoms with E-state index in [0.717, 1.165) is 12.8 Å². The van der Waals surface area contributed by atoms with Crippen LogP contribution in [0.5, 0.6) is 11.5 Å². The average molecular weight is 376 g/mol. The number of carbonyl (C=O) groups is 2. The molecule has 0 radical (unpaired) electrons. The van der Waals surface area contributed by atoms with Crippen LogP contribution in [0.2, 0.25) is 0 Å². The van der Waals surface area contributed by atoms with Crippen molar-refractivity contribution in [3.63, 3.8) is 0 Å². The largest absolute Gasteiger partial charge is 0.496 e. The Kier molecular flexibility index (Phi) is 9.58. The number of carbonyl (C=O) groups excluding carboxylic acids is 2. The lowest BCUT2D eigenvalue weighted by Gasteiger charge is -2.09. The molecule has 1 aromatic carbocycles. The second-order valence-corrected chi connectivity index (χ2v) is 6.17. The van der Waals surface area contributed by atoms with Crippen LogP contribution in [-0.4, -0.2) is 26.0 Å². The Balaban J connectivity index is 2.80. The first-order valence-electron chi connectivity index (χ1n) is 8.50. The van der Waals surface area contributed by atoms with Gasteiger partial charge in [-0.25, -0.2) is 9.74 Å². The SMILES string of the molecule is COc1cc(OC/C=C(\C)CCC=C(C)C)ccc1/C=C(\C=O)C(=O)OF. The second kappa shape index (κ2) is 11.7. The lowest BCUT2D eigenvalue weighted by Crippen LogP contribution is -2.03. The molecular formula is C21H25FO5. The van der Waals surface area contributed by atoms with Crippen molar-refractivity contribution in [1.82, 2.24) is 0 Å². The molecule has 0 aliphatic heterocycles. The van der Waals surface area contributed by atoms with E-state index in [1.807, 2.05) is 6.08 Å². The van der Waals surface area contributed by atoms with Crippen LogP contribution in [0.1, 0.15) is 39.2 Å². The molecule has 0 heterocycles. The maximum Gasteiger partial charge on any atom is 0.382 e. The summed E-state index contributed by atoms with van der Waals surface area (Å²) in [6, 6.07) is 4.90. The van der Waals surface area contributed by atoms with Gasteiger partial charge in [-0.05, 0) is 57.9 Å². The van der Waals surface area contributed by atoms with Crippen LogP contribution in [0.3, 0.4) is 0 Å². The monoisotopic (exact) mass is 376 g/mol. The molecule has 0 bridgehead atoms. The lowest BCUT2D eigenvalue weighted by atomic mass is 10.1. The highest BCUT2D eigenvalue weighted by Crippen LogP contribution is 2.27. The van der Waals surface area contributed by atoms with Gasteiger partial charge in [-0.1, -0.05) is 17.2 Å². The highest BCUT2D eigenvalue weighted by Gasteiger charge is 2.13. The zero-order valence-electron chi connectivity index (χ0n) is 16.1. The number of aldehydes is 1. The first-order chi connectivity index (χ1) is 12.9. The van der Waals surface area contributed by atoms with E-state index in [1.54, 1.807) is 18.2 Å². The van der Waals surface area contributed by atoms with Crippen LogP contribution < -0.4 is 9.47 Å². The fourth-order valence-electron chi connectivity index (χ4n) is 2.22. The van der Waals surface area contributed by atoms with Gasteiger partial charge in [0.1, 0.15) is 23.7 Å². The number of hydrogen-bond donors (Lipinski definition) is 0. The summed E-state index contributed by atoms with van der Waals surface area (Å²) >= 11 is 0. The third kappa shape index (κ3) is 7.90. The van der Waals surface area contributed by atoms with Gasteiger partial charge in [-0.3, -0.25) is 4.79 Å². The van der Waals surface area contributed by atoms with Gasteiger partial charge in [0, 0.05) is 16.2 Å². The van der Waals surface area contributed by atoms with Gasteiger partial charge in [-0.2, -0.15) is 0 Å². The predicted molar refractivity (Wildman–Crippen MR) is 102 cm³/mol. The molecule has 0 aliphatic rings. The maximum absolute atomic E-state index is 12.0. The Morgan fingerprint density at radius 1 is 1.19 bits per heavy atom. The van der Waals surface area contributed by atoms with E-state index in [0.29, 0.717) is 23.7 Å². The molecule has 0 fully saturated rings. The standard InChI is InChI=1S/C21H25FO5/c1-15(2)6-5-7-16(3)10-11-26-19-9-8-17(20(13-19)25-4)12-18(14-23)21(24)27-22/h6,8-10,12-14H,5,7,11H2,1-4H3/b16-10+,18-12+. The van der Waals surface area contributed by atoms with Crippen molar-refractivity contribution >= 4 is 18.3 Å². The Bertz CT molecular complexity index is 743. The molecule has 0 aromatic heterocycles. The van der Waals surface area contributed by atoms with Crippen LogP contribution in [-0.2, 0) is 14.5 Å². The minimum absolute atomic E-state index is 0.217. The minimum atomic E-state index is -1.36. The molecule has 27 heavy (non-hydrogen) atoms. The number of rotatable bonds is 10. The van der Waals surface area contributed by atoms with Crippen molar-refractivity contribution in [3.8, 4) is 11.5 Å². The van der Waals surface area contributed by atoms with Crippen molar-refractivity contribution in [2.24, 2.45) is 0 Å². The third-order valence-corrected chi connectivity index (χ3v) is 3.72. The van der Waals surface area contributed by atoms with E-state index in [2.05, 4.69) is 31.8 Å². The summed E-state index contributed by atoms with van der Waals surface area (Å²) in [5.41, 5.74) is 2.50. The summed E-state index contributed by atoms with van der Waals surface area (Å²) in [5.74, 6) is -0.415. The molecule has 0 N–H and O–H groups in total. The molecule has 6 heteroatoms. The molecular weight excluding hydrogens is 351 g/mol. The summed E-state index contributed by atoms with van der Waals surface area (Å²) in [6.45, 7) is 6.62. The normalized spacial score (nSPS) is 11.6. The van der Waals surface area contributed by atoms with E-state index in [-0.39, 0.29) is 6.29 Å². The van der Waals surface area contributed by atoms with Crippen molar-refractivity contribution in [2.75, 3.05) is 13.7 Å². The highest BCUT2D eigenvalue weighted by atomic mass is 19.3. The van der Waals surface area contributed by atoms with Crippen LogP contribution in [0, 0.1) is 0 Å². The van der Waals surface area contributed by atoms with Crippen LogP contribution >= 0.6 is 0 Å². The number of benzene rings is 1. The van der Waals surface area contributed by atoms with E-state index >= 15 is 0 Å². The summed E-state index contributed by atoms with van der Waals surface area (Å²) in [6.07, 6.45) is 7.59. The number of methoxy groups -OCH3 is 1. The molecule has 0 atom stereocenters.